The maximum absolute atomic E-state index is 12.6. The van der Waals surface area contributed by atoms with E-state index < -0.39 is 5.91 Å². The maximum atomic E-state index is 12.6. The number of pyridine rings is 1. The highest BCUT2D eigenvalue weighted by atomic mass is 35.5. The van der Waals surface area contributed by atoms with E-state index in [9.17, 15) is 9.59 Å². The standard InChI is InChI=1S/C23H22ClN3O5/c1-3-31-21-12-11-17(24)22(27-21)23(29)26-16-8-6-7-15(13-16)25-20(28)14-32-19-10-5-4-9-18(19)30-2/h4-13H,3,14H2,1-2H3,(H,25,28)(H,26,29). The number of benzene rings is 2. The molecule has 0 aliphatic heterocycles. The molecule has 0 saturated carbocycles. The van der Waals surface area contributed by atoms with Gasteiger partial charge in [0.2, 0.25) is 5.88 Å². The number of aromatic nitrogens is 1. The lowest BCUT2D eigenvalue weighted by Gasteiger charge is -2.12. The molecule has 0 fully saturated rings. The predicted molar refractivity (Wildman–Crippen MR) is 122 cm³/mol. The van der Waals surface area contributed by atoms with Gasteiger partial charge in [-0.25, -0.2) is 4.98 Å². The number of carbonyl (C=O) groups is 2. The summed E-state index contributed by atoms with van der Waals surface area (Å²) in [5.41, 5.74) is 0.981. The fourth-order valence-corrected chi connectivity index (χ4v) is 2.95. The van der Waals surface area contributed by atoms with Gasteiger partial charge in [0.15, 0.2) is 23.8 Å². The monoisotopic (exact) mass is 455 g/mol. The van der Waals surface area contributed by atoms with E-state index in [-0.39, 0.29) is 23.2 Å². The SMILES string of the molecule is CCOc1ccc(Cl)c(C(=O)Nc2cccc(NC(=O)COc3ccccc3OC)c2)n1. The zero-order valence-electron chi connectivity index (χ0n) is 17.6. The zero-order chi connectivity index (χ0) is 22.9. The molecule has 1 aromatic heterocycles. The third-order valence-electron chi connectivity index (χ3n) is 4.16. The Morgan fingerprint density at radius 3 is 2.38 bits per heavy atom. The van der Waals surface area contributed by atoms with Crippen LogP contribution in [0.25, 0.3) is 0 Å². The summed E-state index contributed by atoms with van der Waals surface area (Å²) in [7, 11) is 1.53. The molecule has 2 amide bonds. The molecule has 3 rings (SSSR count). The van der Waals surface area contributed by atoms with Crippen LogP contribution in [0.15, 0.2) is 60.7 Å². The molecule has 32 heavy (non-hydrogen) atoms. The normalized spacial score (nSPS) is 10.2. The molecule has 0 bridgehead atoms. The molecular formula is C23H22ClN3O5. The molecule has 0 saturated heterocycles. The number of methoxy groups -OCH3 is 1. The lowest BCUT2D eigenvalue weighted by molar-refractivity contribution is -0.118. The van der Waals surface area contributed by atoms with E-state index in [0.29, 0.717) is 35.4 Å². The van der Waals surface area contributed by atoms with Gasteiger partial charge < -0.3 is 24.8 Å². The second-order valence-corrected chi connectivity index (χ2v) is 6.84. The number of nitrogens with one attached hydrogen (secondary N) is 2. The van der Waals surface area contributed by atoms with E-state index >= 15 is 0 Å². The third kappa shape index (κ3) is 6.12. The van der Waals surface area contributed by atoms with Crippen LogP contribution >= 0.6 is 11.6 Å². The van der Waals surface area contributed by atoms with E-state index in [1.165, 1.54) is 7.11 Å². The summed E-state index contributed by atoms with van der Waals surface area (Å²) in [6, 6.07) is 16.9. The van der Waals surface area contributed by atoms with Crippen LogP contribution in [0, 0.1) is 0 Å². The fourth-order valence-electron chi connectivity index (χ4n) is 2.76. The van der Waals surface area contributed by atoms with Crippen LogP contribution in [0.2, 0.25) is 5.02 Å². The highest BCUT2D eigenvalue weighted by molar-refractivity contribution is 6.34. The first-order chi connectivity index (χ1) is 15.5. The van der Waals surface area contributed by atoms with Gasteiger partial charge >= 0.3 is 0 Å². The van der Waals surface area contributed by atoms with Gasteiger partial charge in [0, 0.05) is 17.4 Å². The lowest BCUT2D eigenvalue weighted by Crippen LogP contribution is -2.20. The van der Waals surface area contributed by atoms with E-state index in [0.717, 1.165) is 0 Å². The summed E-state index contributed by atoms with van der Waals surface area (Å²) in [5.74, 6) is 0.432. The van der Waals surface area contributed by atoms with Crippen LogP contribution in [0.4, 0.5) is 11.4 Å². The number of halogens is 1. The fraction of sp³-hybridized carbons (Fsp3) is 0.174. The van der Waals surface area contributed by atoms with Crippen molar-refractivity contribution in [3.8, 4) is 17.4 Å². The van der Waals surface area contributed by atoms with Crippen molar-refractivity contribution < 1.29 is 23.8 Å². The zero-order valence-corrected chi connectivity index (χ0v) is 18.3. The number of carbonyl (C=O) groups excluding carboxylic acids is 2. The van der Waals surface area contributed by atoms with Crippen LogP contribution in [0.3, 0.4) is 0 Å². The largest absolute Gasteiger partial charge is 0.493 e. The number of anilines is 2. The van der Waals surface area contributed by atoms with Crippen LogP contribution in [0.5, 0.6) is 17.4 Å². The number of hydrogen-bond donors (Lipinski definition) is 2. The van der Waals surface area contributed by atoms with Gasteiger partial charge in [-0.15, -0.1) is 0 Å². The van der Waals surface area contributed by atoms with Crippen molar-refractivity contribution in [1.29, 1.82) is 0 Å². The Bertz CT molecular complexity index is 1110. The molecule has 3 aromatic rings. The predicted octanol–water partition coefficient (Wildman–Crippen LogP) is 4.41. The average molecular weight is 456 g/mol. The molecule has 166 valence electrons. The molecule has 9 heteroatoms. The molecule has 2 aromatic carbocycles. The van der Waals surface area contributed by atoms with E-state index in [4.69, 9.17) is 25.8 Å². The van der Waals surface area contributed by atoms with Gasteiger partial charge in [0.1, 0.15) is 0 Å². The minimum atomic E-state index is -0.500. The summed E-state index contributed by atoms with van der Waals surface area (Å²) < 4.78 is 16.0. The molecule has 8 nitrogen and oxygen atoms in total. The maximum Gasteiger partial charge on any atom is 0.275 e. The Hall–Kier alpha value is -3.78. The van der Waals surface area contributed by atoms with Gasteiger partial charge in [-0.3, -0.25) is 9.59 Å². The van der Waals surface area contributed by atoms with Gasteiger partial charge in [-0.1, -0.05) is 29.8 Å². The summed E-state index contributed by atoms with van der Waals surface area (Å²) in [4.78, 5) is 29.0. The number of hydrogen-bond acceptors (Lipinski definition) is 6. The van der Waals surface area contributed by atoms with Crippen molar-refractivity contribution in [2.45, 2.75) is 6.92 Å². The third-order valence-corrected chi connectivity index (χ3v) is 4.46. The summed E-state index contributed by atoms with van der Waals surface area (Å²) in [5, 5.41) is 5.64. The van der Waals surface area contributed by atoms with Crippen molar-refractivity contribution in [2.24, 2.45) is 0 Å². The first kappa shape index (κ1) is 22.9. The van der Waals surface area contributed by atoms with Crippen LogP contribution in [-0.2, 0) is 4.79 Å². The quantitative estimate of drug-likeness (QED) is 0.495. The Labute approximate surface area is 190 Å². The molecule has 0 radical (unpaired) electrons. The average Bonchev–Trinajstić information content (AvgIpc) is 2.79. The van der Waals surface area contributed by atoms with Crippen molar-refractivity contribution in [2.75, 3.05) is 31.0 Å². The van der Waals surface area contributed by atoms with Gasteiger partial charge in [0.25, 0.3) is 11.8 Å². The van der Waals surface area contributed by atoms with Crippen molar-refractivity contribution in [3.63, 3.8) is 0 Å². The highest BCUT2D eigenvalue weighted by Gasteiger charge is 2.15. The topological polar surface area (TPSA) is 98.8 Å². The molecule has 0 aliphatic carbocycles. The second kappa shape index (κ2) is 11.0. The van der Waals surface area contributed by atoms with E-state index in [1.54, 1.807) is 60.7 Å². The van der Waals surface area contributed by atoms with Crippen LogP contribution in [0.1, 0.15) is 17.4 Å². The first-order valence-electron chi connectivity index (χ1n) is 9.76. The number of para-hydroxylation sites is 2. The molecule has 0 aliphatic rings. The summed E-state index contributed by atoms with van der Waals surface area (Å²) in [6.07, 6.45) is 0. The Kier molecular flexibility index (Phi) is 7.88. The minimum absolute atomic E-state index is 0.0391. The highest BCUT2D eigenvalue weighted by Crippen LogP contribution is 2.26. The van der Waals surface area contributed by atoms with Crippen LogP contribution in [-0.4, -0.2) is 37.1 Å². The molecule has 0 atom stereocenters. The molecule has 0 spiro atoms. The van der Waals surface area contributed by atoms with Gasteiger partial charge in [-0.05, 0) is 43.3 Å². The lowest BCUT2D eigenvalue weighted by atomic mass is 10.2. The number of amides is 2. The van der Waals surface area contributed by atoms with Gasteiger partial charge in [0.05, 0.1) is 18.7 Å². The molecular weight excluding hydrogens is 434 g/mol. The molecule has 1 heterocycles. The van der Waals surface area contributed by atoms with E-state index in [1.807, 2.05) is 6.92 Å². The smallest absolute Gasteiger partial charge is 0.275 e. The number of rotatable bonds is 9. The Morgan fingerprint density at radius 2 is 1.66 bits per heavy atom. The van der Waals surface area contributed by atoms with Crippen molar-refractivity contribution in [1.82, 2.24) is 4.98 Å². The van der Waals surface area contributed by atoms with Crippen molar-refractivity contribution in [3.05, 3.63) is 71.4 Å². The van der Waals surface area contributed by atoms with Crippen LogP contribution < -0.4 is 24.8 Å². The minimum Gasteiger partial charge on any atom is -0.493 e. The first-order valence-corrected chi connectivity index (χ1v) is 10.1. The van der Waals surface area contributed by atoms with E-state index in [2.05, 4.69) is 15.6 Å². The summed E-state index contributed by atoms with van der Waals surface area (Å²) >= 11 is 6.11. The van der Waals surface area contributed by atoms with Gasteiger partial charge in [-0.2, -0.15) is 0 Å². The Morgan fingerprint density at radius 1 is 0.938 bits per heavy atom. The number of ether oxygens (including phenoxy) is 3. The summed E-state index contributed by atoms with van der Waals surface area (Å²) in [6.45, 7) is 2.02. The van der Waals surface area contributed by atoms with Crippen molar-refractivity contribution >= 4 is 34.8 Å². The second-order valence-electron chi connectivity index (χ2n) is 6.44. The number of nitrogens with zero attached hydrogens (tertiary/aromatic N) is 1. The molecule has 2 N–H and O–H groups in total. The molecule has 0 unspecified atom stereocenters. The Balaban J connectivity index is 1.62.